The van der Waals surface area contributed by atoms with E-state index >= 15 is 0 Å². The molecule has 0 aliphatic heterocycles. The molecular weight excluding hydrogens is 381 g/mol. The van der Waals surface area contributed by atoms with E-state index in [9.17, 15) is 4.79 Å². The molecule has 1 aromatic carbocycles. The third-order valence-corrected chi connectivity index (χ3v) is 4.20. The molecule has 1 amide bonds. The summed E-state index contributed by atoms with van der Waals surface area (Å²) in [5.41, 5.74) is 7.26. The van der Waals surface area contributed by atoms with E-state index in [1.54, 1.807) is 11.3 Å². The highest BCUT2D eigenvalue weighted by molar-refractivity contribution is 7.13. The van der Waals surface area contributed by atoms with Gasteiger partial charge in [-0.1, -0.05) is 0 Å². The van der Waals surface area contributed by atoms with Crippen molar-refractivity contribution < 1.29 is 9.53 Å². The molecule has 0 unspecified atom stereocenters. The van der Waals surface area contributed by atoms with Gasteiger partial charge in [0.1, 0.15) is 10.8 Å². The fraction of sp³-hybridized carbons (Fsp3) is 0.412. The van der Waals surface area contributed by atoms with Gasteiger partial charge in [0, 0.05) is 17.5 Å². The summed E-state index contributed by atoms with van der Waals surface area (Å²) >= 11 is 1.55. The van der Waals surface area contributed by atoms with Crippen LogP contribution in [-0.2, 0) is 11.2 Å². The molecule has 0 saturated heterocycles. The van der Waals surface area contributed by atoms with Gasteiger partial charge in [-0.25, -0.2) is 4.98 Å². The number of amides is 1. The average Bonchev–Trinajstić information content (AvgIpc) is 3.01. The molecule has 8 heteroatoms. The van der Waals surface area contributed by atoms with Crippen molar-refractivity contribution in [1.29, 1.82) is 0 Å². The molecule has 0 aliphatic carbocycles. The second-order valence-corrected chi connectivity index (χ2v) is 5.98. The number of hydrogen-bond acceptors (Lipinski definition) is 5. The number of unbranched alkanes of at least 4 members (excludes halogenated alkanes) is 1. The van der Waals surface area contributed by atoms with Crippen LogP contribution >= 0.6 is 36.2 Å². The van der Waals surface area contributed by atoms with E-state index in [2.05, 4.69) is 10.3 Å². The van der Waals surface area contributed by atoms with Gasteiger partial charge in [-0.05, 0) is 50.6 Å². The number of rotatable bonds is 9. The van der Waals surface area contributed by atoms with Crippen LogP contribution in [0.3, 0.4) is 0 Å². The zero-order valence-corrected chi connectivity index (χ0v) is 16.6. The highest BCUT2D eigenvalue weighted by atomic mass is 35.5. The van der Waals surface area contributed by atoms with Gasteiger partial charge < -0.3 is 15.8 Å². The number of hydrogen-bond donors (Lipinski definition) is 2. The summed E-state index contributed by atoms with van der Waals surface area (Å²) in [7, 11) is 0. The van der Waals surface area contributed by atoms with Crippen molar-refractivity contribution in [3.63, 3.8) is 0 Å². The predicted octanol–water partition coefficient (Wildman–Crippen LogP) is 3.45. The van der Waals surface area contributed by atoms with Gasteiger partial charge >= 0.3 is 0 Å². The number of aromatic nitrogens is 1. The maximum Gasteiger partial charge on any atom is 0.226 e. The topological polar surface area (TPSA) is 77.2 Å². The van der Waals surface area contributed by atoms with E-state index in [0.717, 1.165) is 34.9 Å². The van der Waals surface area contributed by atoms with E-state index in [4.69, 9.17) is 10.5 Å². The van der Waals surface area contributed by atoms with E-state index < -0.39 is 0 Å². The fourth-order valence-electron chi connectivity index (χ4n) is 2.11. The summed E-state index contributed by atoms with van der Waals surface area (Å²) < 4.78 is 5.43. The predicted molar refractivity (Wildman–Crippen MR) is 108 cm³/mol. The molecule has 0 spiro atoms. The number of nitrogens with two attached hydrogens (primary N) is 1. The number of ether oxygens (including phenoxy) is 1. The summed E-state index contributed by atoms with van der Waals surface area (Å²) in [6.45, 7) is 3.95. The molecule has 25 heavy (non-hydrogen) atoms. The average molecular weight is 406 g/mol. The highest BCUT2D eigenvalue weighted by Gasteiger charge is 2.09. The first-order valence-corrected chi connectivity index (χ1v) is 8.75. The Morgan fingerprint density at radius 2 is 1.96 bits per heavy atom. The van der Waals surface area contributed by atoms with Crippen LogP contribution in [0.15, 0.2) is 29.6 Å². The Kier molecular flexibility index (Phi) is 12.2. The number of nitrogens with zero attached hydrogens (tertiary/aromatic N) is 1. The van der Waals surface area contributed by atoms with Crippen LogP contribution in [0.25, 0.3) is 10.6 Å². The van der Waals surface area contributed by atoms with Crippen molar-refractivity contribution in [2.24, 2.45) is 5.73 Å². The van der Waals surface area contributed by atoms with Gasteiger partial charge in [-0.15, -0.1) is 36.2 Å². The monoisotopic (exact) mass is 405 g/mol. The molecular formula is C17H25Cl2N3O2S. The zero-order valence-electron chi connectivity index (χ0n) is 14.2. The minimum absolute atomic E-state index is 0. The number of carbonyl (C=O) groups excluding carboxylic acids is 1. The lowest BCUT2D eigenvalue weighted by Crippen LogP contribution is -2.26. The number of thiazole rings is 1. The summed E-state index contributed by atoms with van der Waals surface area (Å²) in [5, 5.41) is 5.74. The first-order chi connectivity index (χ1) is 11.2. The maximum absolute atomic E-state index is 11.8. The molecule has 140 valence electrons. The number of nitrogens with one attached hydrogen (secondary N) is 1. The quantitative estimate of drug-likeness (QED) is 0.626. The smallest absolute Gasteiger partial charge is 0.226 e. The molecule has 0 radical (unpaired) electrons. The van der Waals surface area contributed by atoms with Crippen LogP contribution in [0.5, 0.6) is 5.75 Å². The summed E-state index contributed by atoms with van der Waals surface area (Å²) in [4.78, 5) is 16.4. The van der Waals surface area contributed by atoms with E-state index in [0.29, 0.717) is 26.1 Å². The van der Waals surface area contributed by atoms with Gasteiger partial charge in [-0.3, -0.25) is 4.79 Å². The lowest BCUT2D eigenvalue weighted by atomic mass is 10.2. The first kappa shape index (κ1) is 23.7. The Balaban J connectivity index is 0.00000288. The minimum Gasteiger partial charge on any atom is -0.494 e. The van der Waals surface area contributed by atoms with Crippen LogP contribution in [0.4, 0.5) is 0 Å². The van der Waals surface area contributed by atoms with Gasteiger partial charge in [-0.2, -0.15) is 0 Å². The molecule has 0 atom stereocenters. The number of carbonyl (C=O) groups is 1. The fourth-order valence-corrected chi connectivity index (χ4v) is 2.93. The van der Waals surface area contributed by atoms with Crippen LogP contribution in [0.2, 0.25) is 0 Å². The van der Waals surface area contributed by atoms with E-state index in [-0.39, 0.29) is 30.7 Å². The molecule has 1 heterocycles. The molecule has 5 nitrogen and oxygen atoms in total. The van der Waals surface area contributed by atoms with Crippen LogP contribution < -0.4 is 15.8 Å². The SMILES string of the molecule is CCOc1ccc(-c2nc(CC(=O)NCCCCN)cs2)cc1.Cl.Cl. The van der Waals surface area contributed by atoms with Gasteiger partial charge in [0.2, 0.25) is 5.91 Å². The van der Waals surface area contributed by atoms with E-state index in [1.807, 2.05) is 36.6 Å². The Hall–Kier alpha value is -1.34. The zero-order chi connectivity index (χ0) is 16.5. The van der Waals surface area contributed by atoms with E-state index in [1.165, 1.54) is 0 Å². The molecule has 0 aliphatic rings. The standard InChI is InChI=1S/C17H23N3O2S.2ClH/c1-2-22-15-7-5-13(6-8-15)17-20-14(12-23-17)11-16(21)19-10-4-3-9-18;;/h5-8,12H,2-4,9-11,18H2,1H3,(H,19,21);2*1H. The lowest BCUT2D eigenvalue weighted by molar-refractivity contribution is -0.120. The van der Waals surface area contributed by atoms with Gasteiger partial charge in [0.15, 0.2) is 0 Å². The molecule has 0 fully saturated rings. The molecule has 2 rings (SSSR count). The first-order valence-electron chi connectivity index (χ1n) is 7.87. The van der Waals surface area contributed by atoms with Crippen molar-refractivity contribution in [2.45, 2.75) is 26.2 Å². The second-order valence-electron chi connectivity index (χ2n) is 5.12. The van der Waals surface area contributed by atoms with Crippen LogP contribution in [0.1, 0.15) is 25.5 Å². The van der Waals surface area contributed by atoms with Crippen molar-refractivity contribution in [3.05, 3.63) is 35.3 Å². The molecule has 0 bridgehead atoms. The Morgan fingerprint density at radius 1 is 1.24 bits per heavy atom. The van der Waals surface area contributed by atoms with Crippen LogP contribution in [0, 0.1) is 0 Å². The molecule has 0 saturated carbocycles. The Morgan fingerprint density at radius 3 is 2.60 bits per heavy atom. The molecule has 2 aromatic rings. The second kappa shape index (κ2) is 12.9. The van der Waals surface area contributed by atoms with Crippen molar-refractivity contribution in [2.75, 3.05) is 19.7 Å². The molecule has 3 N–H and O–H groups in total. The van der Waals surface area contributed by atoms with Crippen molar-refractivity contribution in [1.82, 2.24) is 10.3 Å². The molecule has 1 aromatic heterocycles. The number of benzene rings is 1. The van der Waals surface area contributed by atoms with Crippen molar-refractivity contribution in [3.8, 4) is 16.3 Å². The largest absolute Gasteiger partial charge is 0.494 e. The Bertz CT molecular complexity index is 621. The van der Waals surface area contributed by atoms with Gasteiger partial charge in [0.25, 0.3) is 0 Å². The highest BCUT2D eigenvalue weighted by Crippen LogP contribution is 2.25. The minimum atomic E-state index is 0. The summed E-state index contributed by atoms with van der Waals surface area (Å²) in [6, 6.07) is 7.84. The van der Waals surface area contributed by atoms with Crippen LogP contribution in [-0.4, -0.2) is 30.6 Å². The summed E-state index contributed by atoms with van der Waals surface area (Å²) in [5.74, 6) is 0.857. The number of halogens is 2. The third-order valence-electron chi connectivity index (χ3n) is 3.26. The maximum atomic E-state index is 11.8. The summed E-state index contributed by atoms with van der Waals surface area (Å²) in [6.07, 6.45) is 2.16. The van der Waals surface area contributed by atoms with Gasteiger partial charge in [0.05, 0.1) is 18.7 Å². The Labute approximate surface area is 165 Å². The van der Waals surface area contributed by atoms with Crippen molar-refractivity contribution >= 4 is 42.1 Å². The third kappa shape index (κ3) is 8.05. The lowest BCUT2D eigenvalue weighted by Gasteiger charge is -2.03. The normalized spacial score (nSPS) is 9.68.